The van der Waals surface area contributed by atoms with Crippen molar-refractivity contribution in [2.24, 2.45) is 0 Å². The van der Waals surface area contributed by atoms with E-state index < -0.39 is 0 Å². The van der Waals surface area contributed by atoms with Crippen molar-refractivity contribution in [2.75, 3.05) is 13.1 Å². The van der Waals surface area contributed by atoms with Gasteiger partial charge in [-0.25, -0.2) is 0 Å². The number of para-hydroxylation sites is 2. The van der Waals surface area contributed by atoms with E-state index in [2.05, 4.69) is 70.3 Å². The van der Waals surface area contributed by atoms with Gasteiger partial charge in [0, 0.05) is 23.8 Å². The molecule has 0 unspecified atom stereocenters. The van der Waals surface area contributed by atoms with Crippen molar-refractivity contribution in [3.8, 4) is 5.69 Å². The van der Waals surface area contributed by atoms with Gasteiger partial charge in [0.05, 0.1) is 5.52 Å². The number of hydrogen-bond acceptors (Lipinski definition) is 1. The summed E-state index contributed by atoms with van der Waals surface area (Å²) in [6.07, 6.45) is 5.01. The molecule has 1 aliphatic heterocycles. The van der Waals surface area contributed by atoms with E-state index in [0.717, 1.165) is 6.54 Å². The van der Waals surface area contributed by atoms with E-state index in [1.807, 2.05) is 0 Å². The van der Waals surface area contributed by atoms with Crippen LogP contribution in [0.1, 0.15) is 18.4 Å². The topological polar surface area (TPSA) is 8.17 Å². The second-order valence-electron chi connectivity index (χ2n) is 5.86. The zero-order chi connectivity index (χ0) is 14.1. The number of likely N-dealkylation sites (tertiary alicyclic amines) is 1. The van der Waals surface area contributed by atoms with Crippen molar-refractivity contribution < 1.29 is 0 Å². The van der Waals surface area contributed by atoms with E-state index in [0.29, 0.717) is 0 Å². The predicted octanol–water partition coefficient (Wildman–Crippen LogP) is 4.23. The molecule has 0 spiro atoms. The van der Waals surface area contributed by atoms with Gasteiger partial charge in [0.1, 0.15) is 0 Å². The molecule has 0 saturated carbocycles. The first-order valence-corrected chi connectivity index (χ1v) is 7.78. The summed E-state index contributed by atoms with van der Waals surface area (Å²) in [6.45, 7) is 3.55. The van der Waals surface area contributed by atoms with Gasteiger partial charge >= 0.3 is 0 Å². The van der Waals surface area contributed by atoms with Crippen LogP contribution in [0.15, 0.2) is 60.8 Å². The summed E-state index contributed by atoms with van der Waals surface area (Å²) in [7, 11) is 0. The van der Waals surface area contributed by atoms with E-state index in [4.69, 9.17) is 0 Å². The Morgan fingerprint density at radius 2 is 1.52 bits per heavy atom. The summed E-state index contributed by atoms with van der Waals surface area (Å²) < 4.78 is 2.32. The summed E-state index contributed by atoms with van der Waals surface area (Å²) >= 11 is 0. The Labute approximate surface area is 125 Å². The number of fused-ring (bicyclic) bond motifs is 1. The highest BCUT2D eigenvalue weighted by Gasteiger charge is 2.15. The summed E-state index contributed by atoms with van der Waals surface area (Å²) in [4.78, 5) is 2.57. The first kappa shape index (κ1) is 12.7. The Bertz CT molecular complexity index is 737. The highest BCUT2D eigenvalue weighted by molar-refractivity contribution is 5.85. The van der Waals surface area contributed by atoms with Crippen molar-refractivity contribution in [3.05, 3.63) is 66.4 Å². The molecule has 0 radical (unpaired) electrons. The Kier molecular flexibility index (Phi) is 3.24. The molecule has 4 rings (SSSR count). The maximum absolute atomic E-state index is 2.57. The van der Waals surface area contributed by atoms with Crippen molar-refractivity contribution in [1.82, 2.24) is 9.47 Å². The summed E-state index contributed by atoms with van der Waals surface area (Å²) in [5.74, 6) is 0. The third kappa shape index (κ3) is 2.36. The fourth-order valence-electron chi connectivity index (χ4n) is 3.36. The monoisotopic (exact) mass is 276 g/mol. The van der Waals surface area contributed by atoms with Crippen LogP contribution in [0.3, 0.4) is 0 Å². The lowest BCUT2D eigenvalue weighted by molar-refractivity contribution is 0.332. The second kappa shape index (κ2) is 5.38. The molecule has 1 aliphatic rings. The number of benzene rings is 2. The first-order valence-electron chi connectivity index (χ1n) is 7.78. The molecule has 0 atom stereocenters. The quantitative estimate of drug-likeness (QED) is 0.695. The largest absolute Gasteiger partial charge is 0.316 e. The lowest BCUT2D eigenvalue weighted by Gasteiger charge is -2.13. The Morgan fingerprint density at radius 1 is 0.810 bits per heavy atom. The molecule has 21 heavy (non-hydrogen) atoms. The third-order valence-electron chi connectivity index (χ3n) is 4.42. The van der Waals surface area contributed by atoms with Crippen LogP contribution >= 0.6 is 0 Å². The van der Waals surface area contributed by atoms with E-state index in [1.165, 1.54) is 48.1 Å². The van der Waals surface area contributed by atoms with E-state index in [-0.39, 0.29) is 0 Å². The number of nitrogens with zero attached hydrogens (tertiary/aromatic N) is 2. The van der Waals surface area contributed by atoms with Crippen molar-refractivity contribution >= 4 is 10.9 Å². The highest BCUT2D eigenvalue weighted by Crippen LogP contribution is 2.26. The van der Waals surface area contributed by atoms with Gasteiger partial charge in [0.2, 0.25) is 0 Å². The molecule has 2 heteroatoms. The normalized spacial score (nSPS) is 15.8. The van der Waals surface area contributed by atoms with Gasteiger partial charge in [-0.3, -0.25) is 4.90 Å². The minimum atomic E-state index is 1.07. The van der Waals surface area contributed by atoms with E-state index in [9.17, 15) is 0 Å². The van der Waals surface area contributed by atoms with Crippen LogP contribution in [0.25, 0.3) is 16.6 Å². The number of aromatic nitrogens is 1. The SMILES string of the molecule is c1ccc(-n2cc(CN3CCCC3)c3ccccc32)cc1. The zero-order valence-electron chi connectivity index (χ0n) is 12.2. The van der Waals surface area contributed by atoms with Gasteiger partial charge in [0.15, 0.2) is 0 Å². The lowest BCUT2D eigenvalue weighted by Crippen LogP contribution is -2.18. The number of rotatable bonds is 3. The zero-order valence-corrected chi connectivity index (χ0v) is 12.2. The van der Waals surface area contributed by atoms with Gasteiger partial charge in [-0.15, -0.1) is 0 Å². The predicted molar refractivity (Wildman–Crippen MR) is 87.8 cm³/mol. The minimum absolute atomic E-state index is 1.07. The standard InChI is InChI=1S/C19H20N2/c1-2-8-17(9-3-1)21-15-16(14-20-12-6-7-13-20)18-10-4-5-11-19(18)21/h1-5,8-11,15H,6-7,12-14H2. The molecule has 1 saturated heterocycles. The fourth-order valence-corrected chi connectivity index (χ4v) is 3.36. The average molecular weight is 276 g/mol. The first-order chi connectivity index (χ1) is 10.4. The summed E-state index contributed by atoms with van der Waals surface area (Å²) in [5.41, 5.74) is 3.98. The maximum atomic E-state index is 2.57. The fraction of sp³-hybridized carbons (Fsp3) is 0.263. The molecular weight excluding hydrogens is 256 g/mol. The third-order valence-corrected chi connectivity index (χ3v) is 4.42. The van der Waals surface area contributed by atoms with Crippen molar-refractivity contribution in [2.45, 2.75) is 19.4 Å². The van der Waals surface area contributed by atoms with Gasteiger partial charge in [-0.05, 0) is 49.7 Å². The number of hydrogen-bond donors (Lipinski definition) is 0. The Morgan fingerprint density at radius 3 is 2.33 bits per heavy atom. The maximum Gasteiger partial charge on any atom is 0.0531 e. The molecular formula is C19H20N2. The van der Waals surface area contributed by atoms with Crippen molar-refractivity contribution in [3.63, 3.8) is 0 Å². The molecule has 1 aromatic heterocycles. The Hall–Kier alpha value is -2.06. The Balaban J connectivity index is 1.80. The summed E-state index contributed by atoms with van der Waals surface area (Å²) in [5, 5.41) is 1.38. The van der Waals surface area contributed by atoms with E-state index in [1.54, 1.807) is 0 Å². The minimum Gasteiger partial charge on any atom is -0.316 e. The molecule has 0 aliphatic carbocycles. The molecule has 0 amide bonds. The van der Waals surface area contributed by atoms with Crippen LogP contribution in [-0.2, 0) is 6.54 Å². The lowest BCUT2D eigenvalue weighted by atomic mass is 10.1. The molecule has 0 N–H and O–H groups in total. The van der Waals surface area contributed by atoms with E-state index >= 15 is 0 Å². The van der Waals surface area contributed by atoms with Gasteiger partial charge in [-0.2, -0.15) is 0 Å². The summed E-state index contributed by atoms with van der Waals surface area (Å²) in [6, 6.07) is 19.4. The molecule has 0 bridgehead atoms. The molecule has 3 aromatic rings. The van der Waals surface area contributed by atoms with Crippen LogP contribution in [0.2, 0.25) is 0 Å². The molecule has 106 valence electrons. The van der Waals surface area contributed by atoms with Crippen LogP contribution in [-0.4, -0.2) is 22.6 Å². The molecule has 1 fully saturated rings. The van der Waals surface area contributed by atoms with Gasteiger partial charge < -0.3 is 4.57 Å². The highest BCUT2D eigenvalue weighted by atomic mass is 15.1. The molecule has 2 heterocycles. The second-order valence-corrected chi connectivity index (χ2v) is 5.86. The average Bonchev–Trinajstić information content (AvgIpc) is 3.17. The van der Waals surface area contributed by atoms with Gasteiger partial charge in [0.25, 0.3) is 0 Å². The van der Waals surface area contributed by atoms with Crippen LogP contribution in [0.4, 0.5) is 0 Å². The molecule has 2 aromatic carbocycles. The van der Waals surface area contributed by atoms with Crippen LogP contribution in [0.5, 0.6) is 0 Å². The molecule has 2 nitrogen and oxygen atoms in total. The van der Waals surface area contributed by atoms with Gasteiger partial charge in [-0.1, -0.05) is 36.4 Å². The smallest absolute Gasteiger partial charge is 0.0531 e. The van der Waals surface area contributed by atoms with Crippen LogP contribution < -0.4 is 0 Å². The van der Waals surface area contributed by atoms with Crippen LogP contribution in [0, 0.1) is 0 Å². The van der Waals surface area contributed by atoms with Crippen molar-refractivity contribution in [1.29, 1.82) is 0 Å².